The maximum atomic E-state index is 11.5. The highest BCUT2D eigenvalue weighted by Crippen LogP contribution is 2.38. The Balaban J connectivity index is 1.26. The monoisotopic (exact) mass is 395 g/mol. The standard InChI is InChI=1S/C24H29NO2S/c1-27-23-7-3-5-21-18(4-2-6-22(21)23)11-13-25-12-10-17-8-9-19-15-24(26)28-16-20(19)14-17/h3,5,7-9,14,18,25H,2,4,6,10-13,15-16H2,1H3. The van der Waals surface area contributed by atoms with Crippen molar-refractivity contribution in [1.29, 1.82) is 0 Å². The Labute approximate surface area is 172 Å². The van der Waals surface area contributed by atoms with Crippen LogP contribution in [-0.4, -0.2) is 25.3 Å². The van der Waals surface area contributed by atoms with Crippen LogP contribution in [0.4, 0.5) is 0 Å². The van der Waals surface area contributed by atoms with Gasteiger partial charge in [-0.1, -0.05) is 42.1 Å². The number of methoxy groups -OCH3 is 1. The molecule has 2 aliphatic rings. The van der Waals surface area contributed by atoms with Crippen molar-refractivity contribution in [3.8, 4) is 5.75 Å². The van der Waals surface area contributed by atoms with Crippen LogP contribution in [0.1, 0.15) is 53.0 Å². The van der Waals surface area contributed by atoms with E-state index < -0.39 is 0 Å². The maximum absolute atomic E-state index is 11.5. The van der Waals surface area contributed by atoms with Crippen molar-refractivity contribution < 1.29 is 9.53 Å². The number of rotatable bonds is 7. The largest absolute Gasteiger partial charge is 0.496 e. The van der Waals surface area contributed by atoms with E-state index in [1.54, 1.807) is 7.11 Å². The molecule has 0 fully saturated rings. The lowest BCUT2D eigenvalue weighted by atomic mass is 9.80. The van der Waals surface area contributed by atoms with Crippen molar-refractivity contribution in [2.75, 3.05) is 20.2 Å². The molecule has 2 aromatic rings. The Hall–Kier alpha value is -1.78. The van der Waals surface area contributed by atoms with Gasteiger partial charge in [0.25, 0.3) is 0 Å². The highest BCUT2D eigenvalue weighted by molar-refractivity contribution is 8.13. The zero-order valence-corrected chi connectivity index (χ0v) is 17.4. The minimum absolute atomic E-state index is 0.295. The van der Waals surface area contributed by atoms with Crippen LogP contribution in [-0.2, 0) is 29.8 Å². The summed E-state index contributed by atoms with van der Waals surface area (Å²) in [7, 11) is 1.78. The van der Waals surface area contributed by atoms with Crippen LogP contribution in [0, 0.1) is 0 Å². The summed E-state index contributed by atoms with van der Waals surface area (Å²) in [6.45, 7) is 2.05. The smallest absolute Gasteiger partial charge is 0.193 e. The Morgan fingerprint density at radius 1 is 1.18 bits per heavy atom. The molecule has 4 rings (SSSR count). The zero-order valence-electron chi connectivity index (χ0n) is 16.6. The highest BCUT2D eigenvalue weighted by atomic mass is 32.2. The van der Waals surface area contributed by atoms with Crippen molar-refractivity contribution >= 4 is 16.9 Å². The molecule has 1 N–H and O–H groups in total. The molecule has 0 amide bonds. The van der Waals surface area contributed by atoms with Crippen molar-refractivity contribution in [2.24, 2.45) is 0 Å². The first kappa shape index (κ1) is 19.5. The molecule has 1 aliphatic carbocycles. The first-order chi connectivity index (χ1) is 13.7. The molecule has 0 aromatic heterocycles. The lowest BCUT2D eigenvalue weighted by Gasteiger charge is -2.27. The Bertz CT molecular complexity index is 848. The molecule has 28 heavy (non-hydrogen) atoms. The Kier molecular flexibility index (Phi) is 6.38. The van der Waals surface area contributed by atoms with E-state index in [9.17, 15) is 4.79 Å². The van der Waals surface area contributed by atoms with Crippen LogP contribution >= 0.6 is 11.8 Å². The summed E-state index contributed by atoms with van der Waals surface area (Å²) < 4.78 is 5.56. The number of ether oxygens (including phenoxy) is 1. The molecule has 1 aliphatic heterocycles. The Morgan fingerprint density at radius 3 is 3.00 bits per heavy atom. The quantitative estimate of drug-likeness (QED) is 0.693. The van der Waals surface area contributed by atoms with Crippen molar-refractivity contribution in [3.05, 3.63) is 64.2 Å². The van der Waals surface area contributed by atoms with E-state index in [0.29, 0.717) is 17.5 Å². The number of carbonyl (C=O) groups excluding carboxylic acids is 1. The van der Waals surface area contributed by atoms with Gasteiger partial charge >= 0.3 is 0 Å². The van der Waals surface area contributed by atoms with Gasteiger partial charge in [-0.05, 0) is 85.0 Å². The van der Waals surface area contributed by atoms with Crippen LogP contribution in [0.3, 0.4) is 0 Å². The summed E-state index contributed by atoms with van der Waals surface area (Å²) in [5.41, 5.74) is 6.84. The van der Waals surface area contributed by atoms with Gasteiger partial charge in [0.1, 0.15) is 5.75 Å². The fourth-order valence-electron chi connectivity index (χ4n) is 4.54. The van der Waals surface area contributed by atoms with Gasteiger partial charge in [-0.2, -0.15) is 0 Å². The van der Waals surface area contributed by atoms with E-state index in [4.69, 9.17) is 4.74 Å². The Morgan fingerprint density at radius 2 is 2.11 bits per heavy atom. The summed E-state index contributed by atoms with van der Waals surface area (Å²) >= 11 is 1.45. The van der Waals surface area contributed by atoms with Gasteiger partial charge < -0.3 is 10.1 Å². The normalized spacial score (nSPS) is 18.5. The number of thioether (sulfide) groups is 1. The molecular formula is C24H29NO2S. The van der Waals surface area contributed by atoms with Crippen molar-refractivity contribution in [3.63, 3.8) is 0 Å². The van der Waals surface area contributed by atoms with E-state index in [1.807, 2.05) is 0 Å². The molecule has 1 unspecified atom stereocenters. The van der Waals surface area contributed by atoms with E-state index in [2.05, 4.69) is 41.7 Å². The summed E-state index contributed by atoms with van der Waals surface area (Å²) in [4.78, 5) is 11.5. The predicted molar refractivity (Wildman–Crippen MR) is 116 cm³/mol. The lowest BCUT2D eigenvalue weighted by molar-refractivity contribution is -0.110. The molecule has 1 heterocycles. The SMILES string of the molecule is COc1cccc2c1CCCC2CCNCCc1ccc2c(c1)CSC(=O)C2. The molecule has 4 heteroatoms. The average Bonchev–Trinajstić information content (AvgIpc) is 2.73. The molecular weight excluding hydrogens is 366 g/mol. The van der Waals surface area contributed by atoms with E-state index >= 15 is 0 Å². The summed E-state index contributed by atoms with van der Waals surface area (Å²) in [5, 5.41) is 3.93. The summed E-state index contributed by atoms with van der Waals surface area (Å²) in [6.07, 6.45) is 6.50. The molecule has 148 valence electrons. The first-order valence-electron chi connectivity index (χ1n) is 10.4. The second-order valence-electron chi connectivity index (χ2n) is 7.85. The van der Waals surface area contributed by atoms with Gasteiger partial charge in [0.15, 0.2) is 5.12 Å². The van der Waals surface area contributed by atoms with Crippen LogP contribution in [0.25, 0.3) is 0 Å². The number of hydrogen-bond donors (Lipinski definition) is 1. The molecule has 2 aromatic carbocycles. The van der Waals surface area contributed by atoms with Crippen LogP contribution < -0.4 is 10.1 Å². The van der Waals surface area contributed by atoms with Crippen molar-refractivity contribution in [2.45, 2.75) is 50.2 Å². The van der Waals surface area contributed by atoms with Gasteiger partial charge in [-0.3, -0.25) is 4.79 Å². The van der Waals surface area contributed by atoms with Gasteiger partial charge in [-0.25, -0.2) is 0 Å². The average molecular weight is 396 g/mol. The predicted octanol–water partition coefficient (Wildman–Crippen LogP) is 4.65. The minimum Gasteiger partial charge on any atom is -0.496 e. The van der Waals surface area contributed by atoms with Crippen LogP contribution in [0.15, 0.2) is 36.4 Å². The molecule has 0 bridgehead atoms. The summed E-state index contributed by atoms with van der Waals surface area (Å²) in [5.74, 6) is 2.53. The molecule has 0 saturated heterocycles. The number of hydrogen-bond acceptors (Lipinski definition) is 4. The third-order valence-electron chi connectivity index (χ3n) is 6.06. The van der Waals surface area contributed by atoms with Crippen LogP contribution in [0.5, 0.6) is 5.75 Å². The zero-order chi connectivity index (χ0) is 19.3. The molecule has 3 nitrogen and oxygen atoms in total. The second kappa shape index (κ2) is 9.15. The summed E-state index contributed by atoms with van der Waals surface area (Å²) in [6, 6.07) is 13.1. The minimum atomic E-state index is 0.295. The highest BCUT2D eigenvalue weighted by Gasteiger charge is 2.22. The van der Waals surface area contributed by atoms with Gasteiger partial charge in [0.2, 0.25) is 0 Å². The van der Waals surface area contributed by atoms with Gasteiger partial charge in [-0.15, -0.1) is 0 Å². The molecule has 0 saturated carbocycles. The topological polar surface area (TPSA) is 38.3 Å². The number of carbonyl (C=O) groups is 1. The maximum Gasteiger partial charge on any atom is 0.193 e. The van der Waals surface area contributed by atoms with E-state index in [1.165, 1.54) is 58.8 Å². The van der Waals surface area contributed by atoms with E-state index in [0.717, 1.165) is 37.4 Å². The third kappa shape index (κ3) is 4.44. The first-order valence-corrected chi connectivity index (χ1v) is 11.4. The number of nitrogens with one attached hydrogen (secondary N) is 1. The fourth-order valence-corrected chi connectivity index (χ4v) is 5.39. The van der Waals surface area contributed by atoms with Crippen molar-refractivity contribution in [1.82, 2.24) is 5.32 Å². The molecule has 0 spiro atoms. The van der Waals surface area contributed by atoms with Gasteiger partial charge in [0, 0.05) is 12.2 Å². The number of benzene rings is 2. The fraction of sp³-hybridized carbons (Fsp3) is 0.458. The van der Waals surface area contributed by atoms with Crippen LogP contribution in [0.2, 0.25) is 0 Å². The second-order valence-corrected chi connectivity index (χ2v) is 8.88. The van der Waals surface area contributed by atoms with E-state index in [-0.39, 0.29) is 0 Å². The number of fused-ring (bicyclic) bond motifs is 2. The lowest BCUT2D eigenvalue weighted by Crippen LogP contribution is -2.22. The molecule has 0 radical (unpaired) electrons. The van der Waals surface area contributed by atoms with Gasteiger partial charge in [0.05, 0.1) is 7.11 Å². The third-order valence-corrected chi connectivity index (χ3v) is 6.98. The molecule has 1 atom stereocenters.